The number of hydrogen-bond acceptors (Lipinski definition) is 4. The molecule has 3 saturated carbocycles. The summed E-state index contributed by atoms with van der Waals surface area (Å²) in [6.45, 7) is 2.12. The molecule has 6 heteroatoms. The summed E-state index contributed by atoms with van der Waals surface area (Å²) in [7, 11) is 0. The van der Waals surface area contributed by atoms with Gasteiger partial charge in [-0.3, -0.25) is 9.56 Å². The van der Waals surface area contributed by atoms with E-state index in [-0.39, 0.29) is 6.04 Å². The highest BCUT2D eigenvalue weighted by Crippen LogP contribution is 2.65. The topological polar surface area (TPSA) is 56.2 Å². The van der Waals surface area contributed by atoms with Crippen molar-refractivity contribution in [2.24, 2.45) is 10.9 Å². The van der Waals surface area contributed by atoms with Crippen LogP contribution in [0.3, 0.4) is 0 Å². The first-order valence-electron chi connectivity index (χ1n) is 11.1. The number of nitrogens with zero attached hydrogens (tertiary/aromatic N) is 4. The van der Waals surface area contributed by atoms with Gasteiger partial charge in [0.2, 0.25) is 0 Å². The lowest BCUT2D eigenvalue weighted by Crippen LogP contribution is -2.55. The van der Waals surface area contributed by atoms with Crippen LogP contribution in [-0.4, -0.2) is 20.2 Å². The minimum Gasteiger partial charge on any atom is -0.442 e. The molecule has 0 unspecified atom stereocenters. The van der Waals surface area contributed by atoms with Gasteiger partial charge < -0.3 is 4.42 Å². The normalized spacial score (nSPS) is 25.1. The van der Waals surface area contributed by atoms with E-state index in [0.717, 1.165) is 44.3 Å². The quantitative estimate of drug-likeness (QED) is 0.345. The third kappa shape index (κ3) is 2.47. The Morgan fingerprint density at radius 2 is 1.94 bits per heavy atom. The highest BCUT2D eigenvalue weighted by Gasteiger charge is 2.57. The van der Waals surface area contributed by atoms with Crippen LogP contribution in [0.4, 0.5) is 0 Å². The summed E-state index contributed by atoms with van der Waals surface area (Å²) in [6, 6.07) is 15.2. The Morgan fingerprint density at radius 1 is 1.09 bits per heavy atom. The Kier molecular flexibility index (Phi) is 3.78. The van der Waals surface area contributed by atoms with Crippen LogP contribution in [0, 0.1) is 5.92 Å². The number of fused-ring (bicyclic) bond motifs is 3. The molecule has 4 aromatic rings. The number of halogens is 1. The van der Waals surface area contributed by atoms with Gasteiger partial charge in [-0.15, -0.1) is 0 Å². The third-order valence-corrected chi connectivity index (χ3v) is 8.17. The van der Waals surface area contributed by atoms with Crippen molar-refractivity contribution in [2.75, 3.05) is 0 Å². The van der Waals surface area contributed by atoms with E-state index in [1.165, 1.54) is 31.2 Å². The van der Waals surface area contributed by atoms with E-state index < -0.39 is 0 Å². The van der Waals surface area contributed by atoms with Gasteiger partial charge in [0.15, 0.2) is 12.2 Å². The Morgan fingerprint density at radius 3 is 2.66 bits per heavy atom. The highest BCUT2D eigenvalue weighted by atomic mass is 79.9. The molecule has 0 amide bonds. The van der Waals surface area contributed by atoms with Crippen LogP contribution in [0.15, 0.2) is 75.3 Å². The molecular formula is C26H21BrN4O. The van der Waals surface area contributed by atoms with Gasteiger partial charge in [-0.25, -0.2) is 9.97 Å². The molecule has 5 nitrogen and oxygen atoms in total. The van der Waals surface area contributed by atoms with E-state index in [9.17, 15) is 0 Å². The fourth-order valence-electron chi connectivity index (χ4n) is 5.76. The van der Waals surface area contributed by atoms with Gasteiger partial charge in [0, 0.05) is 15.6 Å². The summed E-state index contributed by atoms with van der Waals surface area (Å²) in [6.07, 6.45) is 9.04. The van der Waals surface area contributed by atoms with E-state index >= 15 is 0 Å². The molecule has 3 aliphatic carbocycles. The molecule has 2 bridgehead atoms. The van der Waals surface area contributed by atoms with Crippen molar-refractivity contribution in [1.82, 2.24) is 14.5 Å². The minimum atomic E-state index is -0.106. The Labute approximate surface area is 194 Å². The van der Waals surface area contributed by atoms with Crippen molar-refractivity contribution in [3.63, 3.8) is 0 Å². The average Bonchev–Trinajstić information content (AvgIpc) is 3.38. The summed E-state index contributed by atoms with van der Waals surface area (Å²) < 4.78 is 8.83. The molecule has 0 radical (unpaired) electrons. The summed E-state index contributed by atoms with van der Waals surface area (Å²) in [5.41, 5.74) is 8.03. The van der Waals surface area contributed by atoms with E-state index in [1.54, 1.807) is 6.20 Å². The number of imidazole rings is 1. The SMILES string of the molecule is C[C@H]1N=C(c2ccccc2Br)c2cc(C34CC(C3)C4)ccc2-n2cnc(-c3cnco3)c21. The van der Waals surface area contributed by atoms with E-state index in [4.69, 9.17) is 14.4 Å². The van der Waals surface area contributed by atoms with E-state index in [0.29, 0.717) is 11.2 Å². The number of oxazole rings is 1. The van der Waals surface area contributed by atoms with Crippen molar-refractivity contribution < 1.29 is 4.42 Å². The molecule has 1 aliphatic heterocycles. The zero-order valence-electron chi connectivity index (χ0n) is 17.6. The molecule has 8 rings (SSSR count). The predicted molar refractivity (Wildman–Crippen MR) is 126 cm³/mol. The van der Waals surface area contributed by atoms with Gasteiger partial charge in [0.1, 0.15) is 12.0 Å². The maximum absolute atomic E-state index is 5.60. The summed E-state index contributed by atoms with van der Waals surface area (Å²) in [5, 5.41) is 0. The molecule has 2 aromatic carbocycles. The predicted octanol–water partition coefficient (Wildman–Crippen LogP) is 6.25. The second kappa shape index (κ2) is 6.51. The fourth-order valence-corrected chi connectivity index (χ4v) is 6.23. The molecule has 32 heavy (non-hydrogen) atoms. The van der Waals surface area contributed by atoms with Crippen molar-refractivity contribution >= 4 is 21.6 Å². The lowest BCUT2D eigenvalue weighted by atomic mass is 9.42. The molecular weight excluding hydrogens is 464 g/mol. The fraction of sp³-hybridized carbons (Fsp3) is 0.269. The molecule has 3 heterocycles. The van der Waals surface area contributed by atoms with Crippen molar-refractivity contribution in [3.05, 3.63) is 88.2 Å². The molecule has 1 atom stereocenters. The van der Waals surface area contributed by atoms with Gasteiger partial charge >= 0.3 is 0 Å². The maximum Gasteiger partial charge on any atom is 0.181 e. The maximum atomic E-state index is 5.60. The molecule has 0 spiro atoms. The summed E-state index contributed by atoms with van der Waals surface area (Å²) in [5.74, 6) is 1.60. The smallest absolute Gasteiger partial charge is 0.181 e. The summed E-state index contributed by atoms with van der Waals surface area (Å²) >= 11 is 3.77. The van der Waals surface area contributed by atoms with Gasteiger partial charge in [-0.1, -0.05) is 40.2 Å². The van der Waals surface area contributed by atoms with Crippen molar-refractivity contribution in [1.29, 1.82) is 0 Å². The molecule has 3 fully saturated rings. The molecule has 2 aromatic heterocycles. The summed E-state index contributed by atoms with van der Waals surface area (Å²) in [4.78, 5) is 14.1. The van der Waals surface area contributed by atoms with Crippen LogP contribution < -0.4 is 0 Å². The molecule has 0 saturated heterocycles. The molecule has 4 aliphatic rings. The van der Waals surface area contributed by atoms with Gasteiger partial charge in [-0.2, -0.15) is 0 Å². The van der Waals surface area contributed by atoms with Crippen LogP contribution >= 0.6 is 15.9 Å². The minimum absolute atomic E-state index is 0.106. The Bertz CT molecular complexity index is 1380. The van der Waals surface area contributed by atoms with E-state index in [2.05, 4.69) is 68.8 Å². The van der Waals surface area contributed by atoms with Gasteiger partial charge in [0.05, 0.1) is 29.3 Å². The zero-order valence-corrected chi connectivity index (χ0v) is 19.2. The largest absolute Gasteiger partial charge is 0.442 e. The standard InChI is InChI=1S/C26H21BrN4O/c1-15-25-24(22-12-28-14-32-22)29-13-31(25)21-7-6-17(26-9-16(10-26)11-26)8-19(21)23(30-15)18-4-2-3-5-20(18)27/h2-8,12-16H,9-11H2,1H3/t15-,16?,26?/m1/s1. The van der Waals surface area contributed by atoms with Crippen LogP contribution in [0.2, 0.25) is 0 Å². The average molecular weight is 485 g/mol. The van der Waals surface area contributed by atoms with E-state index in [1.807, 2.05) is 12.4 Å². The van der Waals surface area contributed by atoms with Gasteiger partial charge in [-0.05, 0) is 61.3 Å². The lowest BCUT2D eigenvalue weighted by Gasteiger charge is -2.62. The van der Waals surface area contributed by atoms with Crippen molar-refractivity contribution in [2.45, 2.75) is 37.6 Å². The second-order valence-corrected chi connectivity index (χ2v) is 10.2. The number of rotatable bonds is 3. The number of benzene rings is 2. The van der Waals surface area contributed by atoms with Gasteiger partial charge in [0.25, 0.3) is 0 Å². The van der Waals surface area contributed by atoms with Crippen LogP contribution in [0.1, 0.15) is 54.6 Å². The van der Waals surface area contributed by atoms with Crippen LogP contribution in [-0.2, 0) is 5.41 Å². The first-order valence-corrected chi connectivity index (χ1v) is 11.9. The van der Waals surface area contributed by atoms with Crippen molar-refractivity contribution in [3.8, 4) is 17.1 Å². The number of aliphatic imine (C=N–C) groups is 1. The second-order valence-electron chi connectivity index (χ2n) is 9.34. The van der Waals surface area contributed by atoms with Crippen LogP contribution in [0.25, 0.3) is 17.1 Å². The zero-order chi connectivity index (χ0) is 21.4. The highest BCUT2D eigenvalue weighted by molar-refractivity contribution is 9.10. The number of aromatic nitrogens is 3. The third-order valence-electron chi connectivity index (χ3n) is 7.48. The molecule has 0 N–H and O–H groups in total. The lowest BCUT2D eigenvalue weighted by molar-refractivity contribution is -0.0274. The first-order chi connectivity index (χ1) is 15.6. The number of hydrogen-bond donors (Lipinski definition) is 0. The molecule has 158 valence electrons. The first kappa shape index (κ1) is 18.6. The monoisotopic (exact) mass is 484 g/mol. The Hall–Kier alpha value is -2.99. The Balaban J connectivity index is 1.49. The van der Waals surface area contributed by atoms with Crippen LogP contribution in [0.5, 0.6) is 0 Å².